The van der Waals surface area contributed by atoms with Gasteiger partial charge in [0.1, 0.15) is 5.75 Å². The molecule has 0 aliphatic carbocycles. The molecule has 0 fully saturated rings. The summed E-state index contributed by atoms with van der Waals surface area (Å²) in [6.45, 7) is 5.50. The molecule has 1 N–H and O–H groups in total. The molecule has 0 aliphatic rings. The third-order valence-electron chi connectivity index (χ3n) is 3.15. The van der Waals surface area contributed by atoms with Gasteiger partial charge in [0.05, 0.1) is 12.4 Å². The van der Waals surface area contributed by atoms with Crippen LogP contribution >= 0.6 is 34.9 Å². The van der Waals surface area contributed by atoms with Crippen LogP contribution in [0.1, 0.15) is 25.3 Å². The van der Waals surface area contributed by atoms with Crippen LogP contribution in [0.2, 0.25) is 0 Å². The number of hydrogen-bond acceptors (Lipinski definition) is 7. The van der Waals surface area contributed by atoms with E-state index >= 15 is 0 Å². The Morgan fingerprint density at radius 1 is 1.24 bits per heavy atom. The van der Waals surface area contributed by atoms with Crippen molar-refractivity contribution < 1.29 is 9.53 Å². The van der Waals surface area contributed by atoms with Crippen molar-refractivity contribution in [3.63, 3.8) is 0 Å². The number of aromatic nitrogens is 2. The van der Waals surface area contributed by atoms with Crippen molar-refractivity contribution >= 4 is 40.8 Å². The first-order valence-electron chi connectivity index (χ1n) is 8.23. The van der Waals surface area contributed by atoms with E-state index in [9.17, 15) is 4.79 Å². The van der Waals surface area contributed by atoms with Crippen molar-refractivity contribution in [1.82, 2.24) is 15.5 Å². The number of carbonyl (C=O) groups is 1. The van der Waals surface area contributed by atoms with Crippen LogP contribution in [0, 0.1) is 6.92 Å². The van der Waals surface area contributed by atoms with Crippen LogP contribution in [-0.2, 0) is 4.79 Å². The molecule has 2 rings (SSSR count). The third kappa shape index (κ3) is 7.66. The molecule has 0 bridgehead atoms. The fourth-order valence-corrected chi connectivity index (χ4v) is 4.71. The van der Waals surface area contributed by atoms with Crippen LogP contribution in [0.25, 0.3) is 0 Å². The zero-order chi connectivity index (χ0) is 17.9. The van der Waals surface area contributed by atoms with E-state index in [0.29, 0.717) is 12.4 Å². The number of nitrogens with one attached hydrogen (secondary N) is 1. The predicted molar refractivity (Wildman–Crippen MR) is 106 cm³/mol. The number of aryl methyl sites for hydroxylation is 1. The summed E-state index contributed by atoms with van der Waals surface area (Å²) in [5.41, 5.74) is 1.16. The van der Waals surface area contributed by atoms with Crippen LogP contribution in [-0.4, -0.2) is 40.8 Å². The molecule has 1 amide bonds. The van der Waals surface area contributed by atoms with Crippen molar-refractivity contribution in [3.8, 4) is 5.75 Å². The summed E-state index contributed by atoms with van der Waals surface area (Å²) < 4.78 is 7.56. The lowest BCUT2D eigenvalue weighted by atomic mass is 10.2. The topological polar surface area (TPSA) is 64.1 Å². The molecule has 1 aromatic heterocycles. The normalized spacial score (nSPS) is 10.6. The maximum Gasteiger partial charge on any atom is 0.230 e. The van der Waals surface area contributed by atoms with Gasteiger partial charge in [0.25, 0.3) is 0 Å². The van der Waals surface area contributed by atoms with Gasteiger partial charge in [0.15, 0.2) is 8.68 Å². The van der Waals surface area contributed by atoms with E-state index in [4.69, 9.17) is 4.74 Å². The number of nitrogens with zero attached hydrogens (tertiary/aromatic N) is 2. The van der Waals surface area contributed by atoms with Crippen molar-refractivity contribution in [1.29, 1.82) is 0 Å². The molecule has 0 atom stereocenters. The van der Waals surface area contributed by atoms with Gasteiger partial charge >= 0.3 is 0 Å². The Morgan fingerprint density at radius 2 is 2.00 bits per heavy atom. The number of amides is 1. The molecule has 25 heavy (non-hydrogen) atoms. The molecule has 136 valence electrons. The minimum atomic E-state index is 0.0459. The van der Waals surface area contributed by atoms with Gasteiger partial charge in [0.2, 0.25) is 5.91 Å². The number of benzene rings is 1. The van der Waals surface area contributed by atoms with Gasteiger partial charge in [-0.05, 0) is 31.4 Å². The minimum absolute atomic E-state index is 0.0459. The first-order valence-corrected chi connectivity index (χ1v) is 11.0. The highest BCUT2D eigenvalue weighted by Gasteiger charge is 2.08. The highest BCUT2D eigenvalue weighted by molar-refractivity contribution is 8.03. The number of rotatable bonds is 11. The summed E-state index contributed by atoms with van der Waals surface area (Å²) in [6, 6.07) is 8.04. The van der Waals surface area contributed by atoms with E-state index in [0.717, 1.165) is 45.1 Å². The Bertz CT molecular complexity index is 664. The summed E-state index contributed by atoms with van der Waals surface area (Å²) in [5.74, 6) is 2.32. The lowest BCUT2D eigenvalue weighted by molar-refractivity contribution is -0.118. The van der Waals surface area contributed by atoms with Gasteiger partial charge in [-0.25, -0.2) is 0 Å². The average molecular weight is 398 g/mol. The second kappa shape index (κ2) is 11.4. The second-order valence-corrected chi connectivity index (χ2v) is 8.83. The van der Waals surface area contributed by atoms with E-state index in [2.05, 4.69) is 15.5 Å². The van der Waals surface area contributed by atoms with Gasteiger partial charge in [-0.2, -0.15) is 0 Å². The number of ether oxygens (including phenoxy) is 1. The largest absolute Gasteiger partial charge is 0.493 e. The van der Waals surface area contributed by atoms with Crippen molar-refractivity contribution in [2.45, 2.75) is 35.4 Å². The number of thioether (sulfide) groups is 2. The molecule has 0 radical (unpaired) electrons. The van der Waals surface area contributed by atoms with E-state index in [1.54, 1.807) is 11.8 Å². The molecule has 1 heterocycles. The maximum atomic E-state index is 11.6. The van der Waals surface area contributed by atoms with Gasteiger partial charge < -0.3 is 10.1 Å². The maximum absolute atomic E-state index is 11.6. The van der Waals surface area contributed by atoms with Crippen LogP contribution in [0.3, 0.4) is 0 Å². The Kier molecular flexibility index (Phi) is 9.14. The van der Waals surface area contributed by atoms with Gasteiger partial charge in [-0.1, -0.05) is 60.0 Å². The van der Waals surface area contributed by atoms with Gasteiger partial charge in [-0.15, -0.1) is 10.2 Å². The summed E-state index contributed by atoms with van der Waals surface area (Å²) in [5, 5.41) is 11.1. The molecule has 8 heteroatoms. The fourth-order valence-electron chi connectivity index (χ4n) is 1.88. The zero-order valence-corrected chi connectivity index (χ0v) is 16.9. The molecule has 0 aliphatic heterocycles. The monoisotopic (exact) mass is 397 g/mol. The SMILES string of the molecule is CCCNC(=O)CSc1nnc(SCCCOc2ccccc2C)s1. The molecule has 0 spiro atoms. The molecule has 0 saturated carbocycles. The van der Waals surface area contributed by atoms with E-state index in [1.807, 2.05) is 38.1 Å². The van der Waals surface area contributed by atoms with Gasteiger partial charge in [-0.3, -0.25) is 4.79 Å². The summed E-state index contributed by atoms with van der Waals surface area (Å²) in [7, 11) is 0. The van der Waals surface area contributed by atoms with E-state index < -0.39 is 0 Å². The quantitative estimate of drug-likeness (QED) is 0.456. The lowest BCUT2D eigenvalue weighted by Gasteiger charge is -2.07. The molecule has 0 saturated heterocycles. The molecule has 0 unspecified atom stereocenters. The third-order valence-corrected chi connectivity index (χ3v) is 6.43. The van der Waals surface area contributed by atoms with Crippen LogP contribution in [0.4, 0.5) is 0 Å². The van der Waals surface area contributed by atoms with Crippen molar-refractivity contribution in [3.05, 3.63) is 29.8 Å². The number of para-hydroxylation sites is 1. The first-order chi connectivity index (χ1) is 12.2. The number of carbonyl (C=O) groups excluding carboxylic acids is 1. The first kappa shape index (κ1) is 20.1. The molecule has 5 nitrogen and oxygen atoms in total. The minimum Gasteiger partial charge on any atom is -0.493 e. The molecular formula is C17H23N3O2S3. The molecular weight excluding hydrogens is 374 g/mol. The van der Waals surface area contributed by atoms with E-state index in [-0.39, 0.29) is 5.91 Å². The predicted octanol–water partition coefficient (Wildman–Crippen LogP) is 4.03. The fraction of sp³-hybridized carbons (Fsp3) is 0.471. The van der Waals surface area contributed by atoms with Crippen molar-refractivity contribution in [2.24, 2.45) is 0 Å². The Morgan fingerprint density at radius 3 is 2.76 bits per heavy atom. The average Bonchev–Trinajstić information content (AvgIpc) is 3.07. The highest BCUT2D eigenvalue weighted by atomic mass is 32.2. The standard InChI is InChI=1S/C17H23N3O2S3/c1-3-9-18-15(21)12-24-17-20-19-16(25-17)23-11-6-10-22-14-8-5-4-7-13(14)2/h4-5,7-8H,3,6,9-12H2,1-2H3,(H,18,21). The molecule has 2 aromatic rings. The Labute approximate surface area is 161 Å². The Hall–Kier alpha value is -1.25. The zero-order valence-electron chi connectivity index (χ0n) is 14.5. The summed E-state index contributed by atoms with van der Waals surface area (Å²) in [6.07, 6.45) is 1.89. The van der Waals surface area contributed by atoms with Gasteiger partial charge in [0, 0.05) is 12.3 Å². The van der Waals surface area contributed by atoms with Crippen LogP contribution in [0.5, 0.6) is 5.75 Å². The van der Waals surface area contributed by atoms with E-state index in [1.165, 1.54) is 23.1 Å². The number of hydrogen-bond donors (Lipinski definition) is 1. The van der Waals surface area contributed by atoms with Crippen LogP contribution < -0.4 is 10.1 Å². The summed E-state index contributed by atoms with van der Waals surface area (Å²) >= 11 is 4.66. The lowest BCUT2D eigenvalue weighted by Crippen LogP contribution is -2.25. The van der Waals surface area contributed by atoms with Crippen molar-refractivity contribution in [2.75, 3.05) is 24.7 Å². The summed E-state index contributed by atoms with van der Waals surface area (Å²) in [4.78, 5) is 11.6. The van der Waals surface area contributed by atoms with Crippen LogP contribution in [0.15, 0.2) is 32.9 Å². The highest BCUT2D eigenvalue weighted by Crippen LogP contribution is 2.29. The second-order valence-electron chi connectivity index (χ2n) is 5.29. The Balaban J connectivity index is 1.61. The smallest absolute Gasteiger partial charge is 0.230 e. The molecule has 1 aromatic carbocycles.